The molecule has 0 radical (unpaired) electrons. The third-order valence-electron chi connectivity index (χ3n) is 4.30. The monoisotopic (exact) mass is 404 g/mol. The van der Waals surface area contributed by atoms with Gasteiger partial charge < -0.3 is 10.6 Å². The van der Waals surface area contributed by atoms with E-state index in [1.54, 1.807) is 6.07 Å². The van der Waals surface area contributed by atoms with Crippen LogP contribution in [0.5, 0.6) is 0 Å². The summed E-state index contributed by atoms with van der Waals surface area (Å²) in [5, 5.41) is 5.49. The van der Waals surface area contributed by atoms with Gasteiger partial charge in [-0.05, 0) is 41.3 Å². The molecule has 0 heterocycles. The molecular formula is C24H24N2O2S. The molecule has 5 heteroatoms. The zero-order valence-electron chi connectivity index (χ0n) is 16.7. The average Bonchev–Trinajstić information content (AvgIpc) is 2.70. The molecule has 0 atom stereocenters. The van der Waals surface area contributed by atoms with Crippen molar-refractivity contribution >= 4 is 35.0 Å². The smallest absolute Gasteiger partial charge is 0.314 e. The van der Waals surface area contributed by atoms with E-state index in [0.717, 1.165) is 15.4 Å². The lowest BCUT2D eigenvalue weighted by Crippen LogP contribution is -2.30. The van der Waals surface area contributed by atoms with Crippen LogP contribution in [-0.4, -0.2) is 11.8 Å². The standard InChI is InChI=1S/C24H24N2O2S/c1-24(2,3)18-13-7-8-14-19(18)25-22(27)23(28)26-20-15-9-10-16-21(20)29-17-11-5-4-6-12-17/h4-16H,1-3H3,(H,25,27)(H,26,28). The molecular weight excluding hydrogens is 380 g/mol. The molecule has 0 spiro atoms. The number of hydrogen-bond donors (Lipinski definition) is 2. The maximum absolute atomic E-state index is 12.6. The molecule has 148 valence electrons. The number of nitrogens with one attached hydrogen (secondary N) is 2. The summed E-state index contributed by atoms with van der Waals surface area (Å²) in [7, 11) is 0. The molecule has 0 saturated carbocycles. The third-order valence-corrected chi connectivity index (χ3v) is 5.38. The summed E-state index contributed by atoms with van der Waals surface area (Å²) in [4.78, 5) is 27.0. The van der Waals surface area contributed by atoms with Crippen LogP contribution in [0.15, 0.2) is 88.7 Å². The largest absolute Gasteiger partial charge is 0.318 e. The Balaban J connectivity index is 1.74. The highest BCUT2D eigenvalue weighted by Gasteiger charge is 2.21. The van der Waals surface area contributed by atoms with Gasteiger partial charge in [0, 0.05) is 15.5 Å². The van der Waals surface area contributed by atoms with Gasteiger partial charge in [0.15, 0.2) is 0 Å². The van der Waals surface area contributed by atoms with Crippen LogP contribution in [0, 0.1) is 0 Å². The molecule has 3 aromatic rings. The normalized spacial score (nSPS) is 11.0. The van der Waals surface area contributed by atoms with Crippen LogP contribution in [0.3, 0.4) is 0 Å². The maximum atomic E-state index is 12.6. The van der Waals surface area contributed by atoms with Crippen molar-refractivity contribution in [1.29, 1.82) is 0 Å². The first-order valence-corrected chi connectivity index (χ1v) is 10.2. The summed E-state index contributed by atoms with van der Waals surface area (Å²) in [5.74, 6) is -1.39. The van der Waals surface area contributed by atoms with Crippen molar-refractivity contribution in [3.63, 3.8) is 0 Å². The Hall–Kier alpha value is -3.05. The molecule has 0 aliphatic carbocycles. The van der Waals surface area contributed by atoms with Gasteiger partial charge in [0.1, 0.15) is 0 Å². The fraction of sp³-hybridized carbons (Fsp3) is 0.167. The molecule has 0 fully saturated rings. The van der Waals surface area contributed by atoms with E-state index in [1.165, 1.54) is 11.8 Å². The van der Waals surface area contributed by atoms with Crippen LogP contribution in [0.1, 0.15) is 26.3 Å². The number of benzene rings is 3. The summed E-state index contributed by atoms with van der Waals surface area (Å²) in [6.45, 7) is 6.19. The van der Waals surface area contributed by atoms with Crippen LogP contribution in [0.4, 0.5) is 11.4 Å². The zero-order chi connectivity index (χ0) is 20.9. The third kappa shape index (κ3) is 5.48. The van der Waals surface area contributed by atoms with E-state index in [0.29, 0.717) is 11.4 Å². The Morgan fingerprint density at radius 2 is 1.21 bits per heavy atom. The second-order valence-corrected chi connectivity index (χ2v) is 8.73. The van der Waals surface area contributed by atoms with E-state index >= 15 is 0 Å². The second-order valence-electron chi connectivity index (χ2n) is 7.62. The average molecular weight is 405 g/mol. The van der Waals surface area contributed by atoms with E-state index in [1.807, 2.05) is 72.8 Å². The Bertz CT molecular complexity index is 1010. The molecule has 0 aliphatic rings. The lowest BCUT2D eigenvalue weighted by atomic mass is 9.86. The lowest BCUT2D eigenvalue weighted by Gasteiger charge is -2.22. The molecule has 0 saturated heterocycles. The van der Waals surface area contributed by atoms with Crippen molar-refractivity contribution in [2.24, 2.45) is 0 Å². The quantitative estimate of drug-likeness (QED) is 0.547. The minimum absolute atomic E-state index is 0.153. The van der Waals surface area contributed by atoms with Crippen LogP contribution in [0.2, 0.25) is 0 Å². The molecule has 2 N–H and O–H groups in total. The van der Waals surface area contributed by atoms with Gasteiger partial charge in [-0.2, -0.15) is 0 Å². The van der Waals surface area contributed by atoms with Crippen molar-refractivity contribution in [2.75, 3.05) is 10.6 Å². The summed E-state index contributed by atoms with van der Waals surface area (Å²) in [5.41, 5.74) is 2.07. The van der Waals surface area contributed by atoms with E-state index in [-0.39, 0.29) is 5.41 Å². The lowest BCUT2D eigenvalue weighted by molar-refractivity contribution is -0.133. The predicted molar refractivity (Wildman–Crippen MR) is 119 cm³/mol. The number of anilines is 2. The van der Waals surface area contributed by atoms with Gasteiger partial charge in [-0.15, -0.1) is 0 Å². The summed E-state index contributed by atoms with van der Waals surface area (Å²) >= 11 is 1.53. The minimum atomic E-state index is -0.699. The number of hydrogen-bond acceptors (Lipinski definition) is 3. The fourth-order valence-corrected chi connectivity index (χ4v) is 3.80. The Morgan fingerprint density at radius 1 is 0.690 bits per heavy atom. The van der Waals surface area contributed by atoms with Crippen LogP contribution in [-0.2, 0) is 15.0 Å². The van der Waals surface area contributed by atoms with E-state index in [2.05, 4.69) is 31.4 Å². The van der Waals surface area contributed by atoms with Gasteiger partial charge in [0.05, 0.1) is 5.69 Å². The van der Waals surface area contributed by atoms with Crippen molar-refractivity contribution < 1.29 is 9.59 Å². The van der Waals surface area contributed by atoms with Crippen molar-refractivity contribution in [1.82, 2.24) is 0 Å². The van der Waals surface area contributed by atoms with E-state index in [9.17, 15) is 9.59 Å². The Morgan fingerprint density at radius 3 is 1.86 bits per heavy atom. The highest BCUT2D eigenvalue weighted by molar-refractivity contribution is 7.99. The first kappa shape index (κ1) is 20.7. The highest BCUT2D eigenvalue weighted by Crippen LogP contribution is 2.33. The van der Waals surface area contributed by atoms with Crippen molar-refractivity contribution in [3.05, 3.63) is 84.4 Å². The molecule has 0 unspecified atom stereocenters. The van der Waals surface area contributed by atoms with Gasteiger partial charge in [-0.25, -0.2) is 0 Å². The second kappa shape index (κ2) is 8.97. The van der Waals surface area contributed by atoms with E-state index in [4.69, 9.17) is 0 Å². The number of carbonyl (C=O) groups excluding carboxylic acids is 2. The number of carbonyl (C=O) groups is 2. The minimum Gasteiger partial charge on any atom is -0.318 e. The van der Waals surface area contributed by atoms with Crippen molar-refractivity contribution in [2.45, 2.75) is 36.0 Å². The summed E-state index contributed by atoms with van der Waals surface area (Å²) in [6.07, 6.45) is 0. The molecule has 0 bridgehead atoms. The molecule has 29 heavy (non-hydrogen) atoms. The highest BCUT2D eigenvalue weighted by atomic mass is 32.2. The van der Waals surface area contributed by atoms with Gasteiger partial charge in [0.25, 0.3) is 0 Å². The number of para-hydroxylation sites is 2. The van der Waals surface area contributed by atoms with Gasteiger partial charge in [-0.1, -0.05) is 81.1 Å². The molecule has 3 rings (SSSR count). The SMILES string of the molecule is CC(C)(C)c1ccccc1NC(=O)C(=O)Nc1ccccc1Sc1ccccc1. The zero-order valence-corrected chi connectivity index (χ0v) is 17.5. The first-order chi connectivity index (χ1) is 13.8. The number of amides is 2. The molecule has 4 nitrogen and oxygen atoms in total. The van der Waals surface area contributed by atoms with Crippen LogP contribution >= 0.6 is 11.8 Å². The van der Waals surface area contributed by atoms with E-state index < -0.39 is 11.8 Å². The maximum Gasteiger partial charge on any atom is 0.314 e. The number of rotatable bonds is 4. The Kier molecular flexibility index (Phi) is 6.39. The fourth-order valence-electron chi connectivity index (χ4n) is 2.88. The summed E-state index contributed by atoms with van der Waals surface area (Å²) in [6, 6.07) is 24.9. The van der Waals surface area contributed by atoms with Crippen LogP contribution in [0.25, 0.3) is 0 Å². The molecule has 3 aromatic carbocycles. The van der Waals surface area contributed by atoms with Crippen LogP contribution < -0.4 is 10.6 Å². The Labute approximate surface area is 175 Å². The van der Waals surface area contributed by atoms with Gasteiger partial charge in [0.2, 0.25) is 0 Å². The summed E-state index contributed by atoms with van der Waals surface area (Å²) < 4.78 is 0. The molecule has 0 aromatic heterocycles. The first-order valence-electron chi connectivity index (χ1n) is 9.38. The molecule has 0 aliphatic heterocycles. The molecule has 2 amide bonds. The van der Waals surface area contributed by atoms with Crippen molar-refractivity contribution in [3.8, 4) is 0 Å². The topological polar surface area (TPSA) is 58.2 Å². The van der Waals surface area contributed by atoms with Gasteiger partial charge >= 0.3 is 11.8 Å². The predicted octanol–water partition coefficient (Wildman–Crippen LogP) is 5.71. The van der Waals surface area contributed by atoms with Gasteiger partial charge in [-0.3, -0.25) is 9.59 Å².